The van der Waals surface area contributed by atoms with Crippen molar-refractivity contribution < 1.29 is 4.55 Å². The molecule has 0 amide bonds. The van der Waals surface area contributed by atoms with E-state index in [4.69, 9.17) is 11.6 Å². The summed E-state index contributed by atoms with van der Waals surface area (Å²) in [7, 11) is 0. The van der Waals surface area contributed by atoms with E-state index >= 15 is 0 Å². The Bertz CT molecular complexity index is 374. The minimum Gasteiger partial charge on any atom is -0.591 e. The summed E-state index contributed by atoms with van der Waals surface area (Å²) in [5, 5.41) is 0.711. The third-order valence-corrected chi connectivity index (χ3v) is 3.53. The molecule has 0 aliphatic carbocycles. The van der Waals surface area contributed by atoms with E-state index in [-0.39, 0.29) is 4.75 Å². The van der Waals surface area contributed by atoms with Crippen molar-refractivity contribution in [3.63, 3.8) is 0 Å². The zero-order chi connectivity index (χ0) is 12.2. The minimum atomic E-state index is -1.18. The van der Waals surface area contributed by atoms with Crippen molar-refractivity contribution in [2.75, 3.05) is 0 Å². The molecule has 0 aromatic heterocycles. The Labute approximate surface area is 105 Å². The Kier molecular flexibility index (Phi) is 4.84. The summed E-state index contributed by atoms with van der Waals surface area (Å²) in [5.41, 5.74) is 1.07. The quantitative estimate of drug-likeness (QED) is 0.604. The number of nitrogens with zero attached hydrogens (tertiary/aromatic N) is 1. The van der Waals surface area contributed by atoms with Crippen molar-refractivity contribution in [1.82, 2.24) is 0 Å². The zero-order valence-corrected chi connectivity index (χ0v) is 11.3. The lowest BCUT2D eigenvalue weighted by Gasteiger charge is -2.17. The fourth-order valence-corrected chi connectivity index (χ4v) is 1.77. The van der Waals surface area contributed by atoms with Gasteiger partial charge in [-0.2, -0.15) is 0 Å². The molecule has 0 aliphatic rings. The van der Waals surface area contributed by atoms with Gasteiger partial charge in [0.1, 0.15) is 16.1 Å². The van der Waals surface area contributed by atoms with Crippen LogP contribution in [0, 0.1) is 0 Å². The monoisotopic (exact) mass is 257 g/mol. The second kappa shape index (κ2) is 5.71. The second-order valence-electron chi connectivity index (χ2n) is 4.48. The van der Waals surface area contributed by atoms with Crippen LogP contribution in [-0.2, 0) is 17.8 Å². The fourth-order valence-electron chi connectivity index (χ4n) is 1.03. The van der Waals surface area contributed by atoms with Gasteiger partial charge < -0.3 is 4.55 Å². The second-order valence-corrected chi connectivity index (χ2v) is 6.85. The van der Waals surface area contributed by atoms with Crippen molar-refractivity contribution >= 4 is 29.2 Å². The molecule has 0 heterocycles. The highest BCUT2D eigenvalue weighted by molar-refractivity contribution is 7.91. The first-order valence-electron chi connectivity index (χ1n) is 5.08. The smallest absolute Gasteiger partial charge is 0.144 e. The molecule has 1 aromatic carbocycles. The molecule has 2 nitrogen and oxygen atoms in total. The maximum Gasteiger partial charge on any atom is 0.144 e. The maximum atomic E-state index is 11.6. The summed E-state index contributed by atoms with van der Waals surface area (Å²) >= 11 is 4.67. The normalized spacial score (nSPS) is 14.3. The van der Waals surface area contributed by atoms with Gasteiger partial charge in [0.25, 0.3) is 0 Å². The molecule has 1 unspecified atom stereocenters. The molecule has 16 heavy (non-hydrogen) atoms. The van der Waals surface area contributed by atoms with Gasteiger partial charge in [-0.25, -0.2) is 0 Å². The zero-order valence-electron chi connectivity index (χ0n) is 9.74. The Hall–Kier alpha value is -0.510. The number of halogens is 1. The first-order valence-corrected chi connectivity index (χ1v) is 6.57. The first kappa shape index (κ1) is 13.6. The van der Waals surface area contributed by atoms with Crippen molar-refractivity contribution in [1.29, 1.82) is 0 Å². The number of rotatable bonds is 3. The standard InChI is InChI=1S/C12H16ClNOS/c1-12(2,3)16(15)14-8-7-10-5-4-6-11(13)9-10/h4-6,8-9H,7H2,1-3H3. The van der Waals surface area contributed by atoms with Gasteiger partial charge in [-0.3, -0.25) is 0 Å². The Morgan fingerprint density at radius 1 is 1.44 bits per heavy atom. The molecule has 1 atom stereocenters. The number of hydrogen-bond donors (Lipinski definition) is 0. The molecular formula is C12H16ClNOS. The van der Waals surface area contributed by atoms with Crippen LogP contribution in [0.2, 0.25) is 5.02 Å². The largest absolute Gasteiger partial charge is 0.591 e. The summed E-state index contributed by atoms with van der Waals surface area (Å²) in [6, 6.07) is 7.58. The molecule has 1 aromatic rings. The molecule has 0 bridgehead atoms. The van der Waals surface area contributed by atoms with Crippen LogP contribution < -0.4 is 0 Å². The van der Waals surface area contributed by atoms with Gasteiger partial charge in [0.2, 0.25) is 0 Å². The predicted octanol–water partition coefficient (Wildman–Crippen LogP) is 3.42. The van der Waals surface area contributed by atoms with Crippen LogP contribution in [0.15, 0.2) is 28.7 Å². The van der Waals surface area contributed by atoms with Gasteiger partial charge in [0.05, 0.1) is 6.21 Å². The van der Waals surface area contributed by atoms with Crippen LogP contribution in [0.1, 0.15) is 26.3 Å². The lowest BCUT2D eigenvalue weighted by Crippen LogP contribution is -2.25. The van der Waals surface area contributed by atoms with Crippen LogP contribution in [0.5, 0.6) is 0 Å². The summed E-state index contributed by atoms with van der Waals surface area (Å²) in [6.07, 6.45) is 2.34. The van der Waals surface area contributed by atoms with Gasteiger partial charge in [-0.05, 0) is 38.5 Å². The van der Waals surface area contributed by atoms with E-state index in [2.05, 4.69) is 4.40 Å². The highest BCUT2D eigenvalue weighted by Crippen LogP contribution is 2.16. The lowest BCUT2D eigenvalue weighted by atomic mass is 10.2. The van der Waals surface area contributed by atoms with E-state index in [1.807, 2.05) is 45.0 Å². The fraction of sp³-hybridized carbons (Fsp3) is 0.417. The molecule has 0 aliphatic heterocycles. The third-order valence-electron chi connectivity index (χ3n) is 1.91. The van der Waals surface area contributed by atoms with Crippen molar-refractivity contribution in [3.8, 4) is 0 Å². The molecule has 88 valence electrons. The van der Waals surface area contributed by atoms with Gasteiger partial charge >= 0.3 is 0 Å². The Morgan fingerprint density at radius 3 is 2.69 bits per heavy atom. The summed E-state index contributed by atoms with van der Waals surface area (Å²) in [6.45, 7) is 5.71. The third kappa shape index (κ3) is 4.56. The summed E-state index contributed by atoms with van der Waals surface area (Å²) in [5.74, 6) is 0. The van der Waals surface area contributed by atoms with Crippen LogP contribution in [0.3, 0.4) is 0 Å². The highest BCUT2D eigenvalue weighted by atomic mass is 35.5. The molecule has 0 saturated carbocycles. The molecule has 0 radical (unpaired) electrons. The van der Waals surface area contributed by atoms with Gasteiger partial charge in [-0.1, -0.05) is 28.1 Å². The van der Waals surface area contributed by atoms with Gasteiger partial charge in [0, 0.05) is 11.4 Å². The SMILES string of the molecule is CC(C)(C)[S+]([O-])N=CCc1cccc(Cl)c1. The Balaban J connectivity index is 2.55. The maximum absolute atomic E-state index is 11.6. The van der Waals surface area contributed by atoms with Gasteiger partial charge in [0.15, 0.2) is 0 Å². The highest BCUT2D eigenvalue weighted by Gasteiger charge is 2.25. The predicted molar refractivity (Wildman–Crippen MR) is 71.5 cm³/mol. The van der Waals surface area contributed by atoms with E-state index in [1.165, 1.54) is 0 Å². The van der Waals surface area contributed by atoms with E-state index in [1.54, 1.807) is 6.21 Å². The van der Waals surface area contributed by atoms with Crippen molar-refractivity contribution in [2.24, 2.45) is 4.40 Å². The molecule has 1 rings (SSSR count). The number of benzene rings is 1. The molecule has 4 heteroatoms. The minimum absolute atomic E-state index is 0.301. The number of hydrogen-bond acceptors (Lipinski definition) is 2. The summed E-state index contributed by atoms with van der Waals surface area (Å²) < 4.78 is 15.3. The molecule has 0 saturated heterocycles. The Morgan fingerprint density at radius 2 is 2.12 bits per heavy atom. The van der Waals surface area contributed by atoms with E-state index in [9.17, 15) is 4.55 Å². The topological polar surface area (TPSA) is 35.4 Å². The average Bonchev–Trinajstić information content (AvgIpc) is 2.16. The van der Waals surface area contributed by atoms with Crippen LogP contribution in [-0.4, -0.2) is 15.5 Å². The molecule has 0 spiro atoms. The van der Waals surface area contributed by atoms with Crippen molar-refractivity contribution in [3.05, 3.63) is 34.9 Å². The van der Waals surface area contributed by atoms with Crippen molar-refractivity contribution in [2.45, 2.75) is 31.9 Å². The van der Waals surface area contributed by atoms with Crippen LogP contribution >= 0.6 is 11.6 Å². The van der Waals surface area contributed by atoms with Crippen LogP contribution in [0.25, 0.3) is 0 Å². The van der Waals surface area contributed by atoms with Gasteiger partial charge in [-0.15, -0.1) is 0 Å². The molecular weight excluding hydrogens is 242 g/mol. The average molecular weight is 258 g/mol. The molecule has 0 N–H and O–H groups in total. The van der Waals surface area contributed by atoms with E-state index in [0.29, 0.717) is 11.4 Å². The molecule has 0 fully saturated rings. The van der Waals surface area contributed by atoms with E-state index in [0.717, 1.165) is 5.56 Å². The van der Waals surface area contributed by atoms with Crippen LogP contribution in [0.4, 0.5) is 0 Å². The van der Waals surface area contributed by atoms with E-state index < -0.39 is 11.4 Å². The first-order chi connectivity index (χ1) is 7.39. The summed E-state index contributed by atoms with van der Waals surface area (Å²) in [4.78, 5) is 0. The lowest BCUT2D eigenvalue weighted by molar-refractivity contribution is 0.561.